The summed E-state index contributed by atoms with van der Waals surface area (Å²) in [5.41, 5.74) is -0.273. The number of aromatic nitrogens is 1. The summed E-state index contributed by atoms with van der Waals surface area (Å²) in [5.74, 6) is 0. The third-order valence-corrected chi connectivity index (χ3v) is 1.43. The molecule has 1 rings (SSSR count). The third kappa shape index (κ3) is 2.61. The van der Waals surface area contributed by atoms with E-state index in [0.29, 0.717) is 12.2 Å². The highest BCUT2D eigenvalue weighted by molar-refractivity contribution is 5.40. The van der Waals surface area contributed by atoms with Crippen LogP contribution in [0, 0.1) is 0 Å². The zero-order valence-electron chi connectivity index (χ0n) is 7.02. The molecule has 72 valence electrons. The average Bonchev–Trinajstić information content (AvgIpc) is 2.04. The molecule has 0 spiro atoms. The SMILES string of the molecule is CCNc1ccc(C(F)(F)F)nc1. The zero-order valence-corrected chi connectivity index (χ0v) is 7.02. The van der Waals surface area contributed by atoms with Gasteiger partial charge in [-0.15, -0.1) is 0 Å². The van der Waals surface area contributed by atoms with Crippen molar-refractivity contribution < 1.29 is 13.2 Å². The number of hydrogen-bond acceptors (Lipinski definition) is 2. The molecule has 0 fully saturated rings. The number of alkyl halides is 3. The van der Waals surface area contributed by atoms with Gasteiger partial charge in [0.05, 0.1) is 11.9 Å². The highest BCUT2D eigenvalue weighted by Crippen LogP contribution is 2.27. The Kier molecular flexibility index (Phi) is 2.75. The predicted octanol–water partition coefficient (Wildman–Crippen LogP) is 2.53. The van der Waals surface area contributed by atoms with Gasteiger partial charge in [-0.05, 0) is 19.1 Å². The summed E-state index contributed by atoms with van der Waals surface area (Å²) in [6.07, 6.45) is -3.18. The van der Waals surface area contributed by atoms with E-state index in [0.717, 1.165) is 6.07 Å². The monoisotopic (exact) mass is 190 g/mol. The minimum Gasteiger partial charge on any atom is -0.384 e. The van der Waals surface area contributed by atoms with E-state index in [2.05, 4.69) is 10.3 Å². The summed E-state index contributed by atoms with van der Waals surface area (Å²) in [6.45, 7) is 2.52. The summed E-state index contributed by atoms with van der Waals surface area (Å²) in [7, 11) is 0. The topological polar surface area (TPSA) is 24.9 Å². The zero-order chi connectivity index (χ0) is 9.90. The molecule has 1 aromatic rings. The van der Waals surface area contributed by atoms with Crippen molar-refractivity contribution in [3.05, 3.63) is 24.0 Å². The van der Waals surface area contributed by atoms with Gasteiger partial charge in [-0.3, -0.25) is 0 Å². The molecule has 0 aliphatic carbocycles. The largest absolute Gasteiger partial charge is 0.433 e. The van der Waals surface area contributed by atoms with Gasteiger partial charge < -0.3 is 5.32 Å². The quantitative estimate of drug-likeness (QED) is 0.775. The normalized spacial score (nSPS) is 11.4. The molecule has 5 heteroatoms. The molecule has 1 heterocycles. The standard InChI is InChI=1S/C8H9F3N2/c1-2-12-6-3-4-7(13-5-6)8(9,10)11/h3-5,12H,2H2,1H3. The number of anilines is 1. The molecule has 0 saturated carbocycles. The van der Waals surface area contributed by atoms with Crippen LogP contribution in [0.25, 0.3) is 0 Å². The lowest BCUT2D eigenvalue weighted by Gasteiger charge is -2.06. The first-order valence-electron chi connectivity index (χ1n) is 3.81. The van der Waals surface area contributed by atoms with E-state index in [1.165, 1.54) is 12.3 Å². The summed E-state index contributed by atoms with van der Waals surface area (Å²) < 4.78 is 36.1. The molecule has 0 amide bonds. The van der Waals surface area contributed by atoms with Crippen molar-refractivity contribution in [1.29, 1.82) is 0 Å². The number of halogens is 3. The van der Waals surface area contributed by atoms with Crippen LogP contribution in [-0.4, -0.2) is 11.5 Å². The van der Waals surface area contributed by atoms with Gasteiger partial charge in [-0.2, -0.15) is 13.2 Å². The predicted molar refractivity (Wildman–Crippen MR) is 43.4 cm³/mol. The van der Waals surface area contributed by atoms with Crippen LogP contribution in [0.15, 0.2) is 18.3 Å². The molecule has 0 aliphatic rings. The number of pyridine rings is 1. The van der Waals surface area contributed by atoms with Crippen molar-refractivity contribution >= 4 is 5.69 Å². The maximum Gasteiger partial charge on any atom is 0.433 e. The summed E-state index contributed by atoms with van der Waals surface area (Å²) in [4.78, 5) is 3.28. The van der Waals surface area contributed by atoms with E-state index in [1.807, 2.05) is 6.92 Å². The number of hydrogen-bond donors (Lipinski definition) is 1. The Bertz CT molecular complexity index is 266. The minimum absolute atomic E-state index is 0.593. The molecular formula is C8H9F3N2. The van der Waals surface area contributed by atoms with Crippen LogP contribution in [0.1, 0.15) is 12.6 Å². The Balaban J connectivity index is 2.81. The van der Waals surface area contributed by atoms with Crippen molar-refractivity contribution in [2.24, 2.45) is 0 Å². The Labute approximate surface area is 73.8 Å². The summed E-state index contributed by atoms with van der Waals surface area (Å²) in [6, 6.07) is 2.32. The van der Waals surface area contributed by atoms with E-state index in [4.69, 9.17) is 0 Å². The van der Waals surface area contributed by atoms with Crippen LogP contribution in [0.2, 0.25) is 0 Å². The molecule has 0 aromatic carbocycles. The molecule has 0 atom stereocenters. The van der Waals surface area contributed by atoms with Gasteiger partial charge in [0.25, 0.3) is 0 Å². The van der Waals surface area contributed by atoms with E-state index >= 15 is 0 Å². The summed E-state index contributed by atoms with van der Waals surface area (Å²) >= 11 is 0. The molecule has 0 unspecified atom stereocenters. The van der Waals surface area contributed by atoms with Crippen LogP contribution < -0.4 is 5.32 Å². The molecule has 1 N–H and O–H groups in total. The van der Waals surface area contributed by atoms with Gasteiger partial charge in [0.2, 0.25) is 0 Å². The molecular weight excluding hydrogens is 181 g/mol. The number of nitrogens with one attached hydrogen (secondary N) is 1. The van der Waals surface area contributed by atoms with Gasteiger partial charge in [0.15, 0.2) is 0 Å². The number of rotatable bonds is 2. The lowest BCUT2D eigenvalue weighted by Crippen LogP contribution is -2.08. The van der Waals surface area contributed by atoms with Gasteiger partial charge >= 0.3 is 6.18 Å². The Morgan fingerprint density at radius 3 is 2.46 bits per heavy atom. The third-order valence-electron chi connectivity index (χ3n) is 1.43. The fourth-order valence-electron chi connectivity index (χ4n) is 0.870. The van der Waals surface area contributed by atoms with E-state index < -0.39 is 11.9 Å². The maximum absolute atomic E-state index is 12.0. The lowest BCUT2D eigenvalue weighted by atomic mass is 10.3. The maximum atomic E-state index is 12.0. The molecule has 2 nitrogen and oxygen atoms in total. The minimum atomic E-state index is -4.36. The van der Waals surface area contributed by atoms with Gasteiger partial charge in [0.1, 0.15) is 5.69 Å². The van der Waals surface area contributed by atoms with Crippen LogP contribution in [0.4, 0.5) is 18.9 Å². The molecule has 0 bridgehead atoms. The molecule has 0 saturated heterocycles. The van der Waals surface area contributed by atoms with Crippen LogP contribution in [0.3, 0.4) is 0 Å². The molecule has 1 aromatic heterocycles. The smallest absolute Gasteiger partial charge is 0.384 e. The first-order valence-corrected chi connectivity index (χ1v) is 3.81. The highest BCUT2D eigenvalue weighted by Gasteiger charge is 2.31. The van der Waals surface area contributed by atoms with E-state index in [-0.39, 0.29) is 0 Å². The first kappa shape index (κ1) is 9.83. The fraction of sp³-hybridized carbons (Fsp3) is 0.375. The average molecular weight is 190 g/mol. The lowest BCUT2D eigenvalue weighted by molar-refractivity contribution is -0.141. The van der Waals surface area contributed by atoms with Crippen LogP contribution >= 0.6 is 0 Å². The second-order valence-corrected chi connectivity index (χ2v) is 2.46. The van der Waals surface area contributed by atoms with Crippen molar-refractivity contribution in [3.63, 3.8) is 0 Å². The molecule has 0 aliphatic heterocycles. The Morgan fingerprint density at radius 2 is 2.08 bits per heavy atom. The Hall–Kier alpha value is -1.26. The van der Waals surface area contributed by atoms with Gasteiger partial charge in [-0.25, -0.2) is 4.98 Å². The van der Waals surface area contributed by atoms with Crippen LogP contribution in [0.5, 0.6) is 0 Å². The van der Waals surface area contributed by atoms with Crippen molar-refractivity contribution in [3.8, 4) is 0 Å². The summed E-state index contributed by atoms with van der Waals surface area (Å²) in [5, 5.41) is 2.86. The highest BCUT2D eigenvalue weighted by atomic mass is 19.4. The second kappa shape index (κ2) is 3.64. The van der Waals surface area contributed by atoms with E-state index in [9.17, 15) is 13.2 Å². The van der Waals surface area contributed by atoms with Gasteiger partial charge in [0, 0.05) is 6.54 Å². The van der Waals surface area contributed by atoms with Crippen LogP contribution in [-0.2, 0) is 6.18 Å². The Morgan fingerprint density at radius 1 is 1.38 bits per heavy atom. The van der Waals surface area contributed by atoms with Gasteiger partial charge in [-0.1, -0.05) is 0 Å². The van der Waals surface area contributed by atoms with E-state index in [1.54, 1.807) is 0 Å². The van der Waals surface area contributed by atoms with Crippen molar-refractivity contribution in [2.75, 3.05) is 11.9 Å². The fourth-order valence-corrected chi connectivity index (χ4v) is 0.870. The second-order valence-electron chi connectivity index (χ2n) is 2.46. The first-order chi connectivity index (χ1) is 6.04. The molecule has 13 heavy (non-hydrogen) atoms. The van der Waals surface area contributed by atoms with Crippen molar-refractivity contribution in [1.82, 2.24) is 4.98 Å². The molecule has 0 radical (unpaired) electrons. The van der Waals surface area contributed by atoms with Crippen molar-refractivity contribution in [2.45, 2.75) is 13.1 Å². The number of nitrogens with zero attached hydrogens (tertiary/aromatic N) is 1.